The molecule has 2 N–H and O–H groups in total. The smallest absolute Gasteiger partial charge is 0.257 e. The topological polar surface area (TPSA) is 162 Å². The molecule has 2 aromatic carbocycles. The van der Waals surface area contributed by atoms with Crippen molar-refractivity contribution in [1.29, 1.82) is 0 Å². The van der Waals surface area contributed by atoms with Crippen molar-refractivity contribution in [3.63, 3.8) is 0 Å². The van der Waals surface area contributed by atoms with Crippen molar-refractivity contribution in [2.24, 2.45) is 0 Å². The van der Waals surface area contributed by atoms with Crippen molar-refractivity contribution in [3.05, 3.63) is 82.3 Å². The van der Waals surface area contributed by atoms with E-state index < -0.39 is 0 Å². The van der Waals surface area contributed by atoms with Crippen molar-refractivity contribution in [1.82, 2.24) is 19.9 Å². The molecule has 3 saturated heterocycles. The number of benzene rings is 2. The summed E-state index contributed by atoms with van der Waals surface area (Å²) in [5.41, 5.74) is 5.72. The summed E-state index contributed by atoms with van der Waals surface area (Å²) in [6.07, 6.45) is 5.15. The number of hydrogen-bond donors (Lipinski definition) is 2. The fourth-order valence-corrected chi connectivity index (χ4v) is 9.57. The largest absolute Gasteiger partial charge is 0.494 e. The van der Waals surface area contributed by atoms with Crippen LogP contribution < -0.4 is 29.9 Å². The Bertz CT molecular complexity index is 2430. The second-order valence-electron chi connectivity index (χ2n) is 13.8. The monoisotopic (exact) mass is 902 g/mol. The van der Waals surface area contributed by atoms with E-state index in [1.54, 1.807) is 44.8 Å². The molecule has 2 amide bonds. The minimum atomic E-state index is -0.232. The molecule has 3 fully saturated rings. The van der Waals surface area contributed by atoms with E-state index >= 15 is 0 Å². The van der Waals surface area contributed by atoms with Crippen molar-refractivity contribution in [2.45, 2.75) is 18.8 Å². The first-order valence-corrected chi connectivity index (χ1v) is 21.7. The van der Waals surface area contributed by atoms with Gasteiger partial charge in [0.25, 0.3) is 11.8 Å². The number of carbonyl (C=O) groups excluding carboxylic acids is 2. The lowest BCUT2D eigenvalue weighted by atomic mass is 9.95. The molecule has 0 radical (unpaired) electrons. The van der Waals surface area contributed by atoms with Crippen LogP contribution in [0, 0.1) is 0 Å². The fraction of sp³-hybridized carbons (Fsp3) is 0.366. The van der Waals surface area contributed by atoms with Gasteiger partial charge < -0.3 is 33.5 Å². The van der Waals surface area contributed by atoms with Gasteiger partial charge in [-0.05, 0) is 77.3 Å². The summed E-state index contributed by atoms with van der Waals surface area (Å²) in [5.74, 6) is 1.29. The summed E-state index contributed by atoms with van der Waals surface area (Å²) < 4.78 is 30.0. The number of nitrogens with one attached hydrogen (secondary N) is 2. The maximum atomic E-state index is 13.0. The first kappa shape index (κ1) is 40.8. The van der Waals surface area contributed by atoms with Crippen LogP contribution in [-0.4, -0.2) is 112 Å². The second-order valence-corrected chi connectivity index (χ2v) is 16.6. The Morgan fingerprint density at radius 2 is 1.15 bits per heavy atom. The minimum absolute atomic E-state index is 0.188. The van der Waals surface area contributed by atoms with Gasteiger partial charge in [0, 0.05) is 74.5 Å². The van der Waals surface area contributed by atoms with Crippen molar-refractivity contribution < 1.29 is 33.3 Å². The van der Waals surface area contributed by atoms with Gasteiger partial charge in [0.1, 0.15) is 27.1 Å². The van der Waals surface area contributed by atoms with E-state index in [2.05, 4.69) is 62.4 Å². The van der Waals surface area contributed by atoms with E-state index in [9.17, 15) is 9.59 Å². The van der Waals surface area contributed by atoms with E-state index in [-0.39, 0.29) is 11.8 Å². The van der Waals surface area contributed by atoms with Gasteiger partial charge in [-0.1, -0.05) is 22.7 Å². The van der Waals surface area contributed by atoms with Crippen LogP contribution in [0.25, 0.3) is 20.4 Å². The molecule has 0 saturated carbocycles. The molecular formula is C41H43BrN8O7S2. The number of ether oxygens (including phenoxy) is 5. The summed E-state index contributed by atoms with van der Waals surface area (Å²) in [7, 11) is 3.25. The minimum Gasteiger partial charge on any atom is -0.494 e. The number of methoxy groups -OCH3 is 2. The number of fused-ring (bicyclic) bond motifs is 2. The summed E-state index contributed by atoms with van der Waals surface area (Å²) in [6.45, 7) is 7.59. The standard InChI is InChI=1S/C23H26N4O4S.C18H17BrN4O3S/c1-29-19-3-2-18(27-8-12-31-13-9-27)21-20(19)25-23(32-21)26-22(28)16-4-7-24-17(14-16)15-5-10-30-11-6-15;1-25-13-3-2-12(23-6-8-26-9-7-23)16-15(13)21-18(27-16)22-17(24)11-4-5-20-14(19)10-11/h2-4,7,14-15H,5-6,8-13H2,1H3,(H,25,26,28);2-5,10H,6-9H2,1H3,(H,21,22,24). The van der Waals surface area contributed by atoms with E-state index in [1.165, 1.54) is 22.7 Å². The number of carbonyl (C=O) groups is 2. The Balaban J connectivity index is 0.000000167. The van der Waals surface area contributed by atoms with Crippen molar-refractivity contribution in [2.75, 3.05) is 100 Å². The van der Waals surface area contributed by atoms with Gasteiger partial charge in [0.2, 0.25) is 0 Å². The number of anilines is 4. The van der Waals surface area contributed by atoms with Crippen LogP contribution >= 0.6 is 38.6 Å². The molecule has 0 atom stereocenters. The molecule has 9 rings (SSSR count). The van der Waals surface area contributed by atoms with Gasteiger partial charge >= 0.3 is 0 Å². The third-order valence-corrected chi connectivity index (χ3v) is 12.6. The van der Waals surface area contributed by atoms with Crippen LogP contribution in [0.3, 0.4) is 0 Å². The van der Waals surface area contributed by atoms with Gasteiger partial charge in [-0.15, -0.1) is 0 Å². The van der Waals surface area contributed by atoms with Gasteiger partial charge in [-0.2, -0.15) is 0 Å². The molecule has 7 heterocycles. The first-order chi connectivity index (χ1) is 28.9. The van der Waals surface area contributed by atoms with Crippen LogP contribution in [-0.2, 0) is 14.2 Å². The quantitative estimate of drug-likeness (QED) is 0.140. The molecule has 3 aliphatic rings. The Morgan fingerprint density at radius 3 is 1.64 bits per heavy atom. The maximum absolute atomic E-state index is 13.0. The molecule has 0 spiro atoms. The Labute approximate surface area is 357 Å². The highest BCUT2D eigenvalue weighted by Crippen LogP contribution is 2.41. The van der Waals surface area contributed by atoms with Crippen molar-refractivity contribution >= 4 is 92.5 Å². The zero-order valence-corrected chi connectivity index (χ0v) is 35.8. The lowest BCUT2D eigenvalue weighted by molar-refractivity contribution is 0.0844. The summed E-state index contributed by atoms with van der Waals surface area (Å²) >= 11 is 6.19. The number of amides is 2. The summed E-state index contributed by atoms with van der Waals surface area (Å²) in [4.78, 5) is 47.9. The predicted octanol–water partition coefficient (Wildman–Crippen LogP) is 7.23. The zero-order valence-electron chi connectivity index (χ0n) is 32.6. The number of thiazole rings is 2. The summed E-state index contributed by atoms with van der Waals surface area (Å²) in [6, 6.07) is 14.9. The molecular weight excluding hydrogens is 861 g/mol. The molecule has 18 heteroatoms. The number of aromatic nitrogens is 4. The molecule has 15 nitrogen and oxygen atoms in total. The summed E-state index contributed by atoms with van der Waals surface area (Å²) in [5, 5.41) is 6.93. The SMILES string of the molecule is COc1ccc(N2CCOCC2)c2sc(NC(=O)c3ccnc(Br)c3)nc12.COc1ccc(N2CCOCC2)c2sc(NC(=O)c3ccnc(C4CCOCC4)c3)nc12. The number of hydrogen-bond acceptors (Lipinski definition) is 15. The molecule has 0 unspecified atom stereocenters. The van der Waals surface area contributed by atoms with E-state index in [0.717, 1.165) is 89.7 Å². The van der Waals surface area contributed by atoms with Gasteiger partial charge in [-0.3, -0.25) is 25.2 Å². The highest BCUT2D eigenvalue weighted by atomic mass is 79.9. The molecule has 3 aliphatic heterocycles. The zero-order chi connectivity index (χ0) is 40.7. The van der Waals surface area contributed by atoms with E-state index in [0.29, 0.717) is 69.8 Å². The number of halogens is 1. The molecule has 6 aromatic rings. The number of morpholine rings is 2. The predicted molar refractivity (Wildman–Crippen MR) is 233 cm³/mol. The van der Waals surface area contributed by atoms with Crippen LogP contribution in [0.1, 0.15) is 45.2 Å². The molecule has 0 bridgehead atoms. The average Bonchev–Trinajstić information content (AvgIpc) is 3.91. The van der Waals surface area contributed by atoms with Gasteiger partial charge in [-0.25, -0.2) is 15.0 Å². The second kappa shape index (κ2) is 18.9. The van der Waals surface area contributed by atoms with Gasteiger partial charge in [0.05, 0.1) is 61.4 Å². The van der Waals surface area contributed by atoms with Crippen LogP contribution in [0.2, 0.25) is 0 Å². The van der Waals surface area contributed by atoms with E-state index in [1.807, 2.05) is 24.3 Å². The molecule has 308 valence electrons. The Hall–Kier alpha value is -4.98. The van der Waals surface area contributed by atoms with E-state index in [4.69, 9.17) is 23.7 Å². The lowest BCUT2D eigenvalue weighted by Crippen LogP contribution is -2.36. The van der Waals surface area contributed by atoms with Gasteiger partial charge in [0.15, 0.2) is 10.3 Å². The third kappa shape index (κ3) is 9.42. The highest BCUT2D eigenvalue weighted by Gasteiger charge is 2.23. The number of pyridine rings is 2. The van der Waals surface area contributed by atoms with Crippen molar-refractivity contribution in [3.8, 4) is 11.5 Å². The fourth-order valence-electron chi connectivity index (χ4n) is 7.17. The maximum Gasteiger partial charge on any atom is 0.257 e. The number of nitrogens with zero attached hydrogens (tertiary/aromatic N) is 6. The van der Waals surface area contributed by atoms with Crippen LogP contribution in [0.5, 0.6) is 11.5 Å². The molecule has 4 aromatic heterocycles. The molecule has 59 heavy (non-hydrogen) atoms. The molecule has 0 aliphatic carbocycles. The third-order valence-electron chi connectivity index (χ3n) is 10.2. The Morgan fingerprint density at radius 1 is 0.678 bits per heavy atom. The van der Waals surface area contributed by atoms with Crippen LogP contribution in [0.4, 0.5) is 21.6 Å². The first-order valence-electron chi connectivity index (χ1n) is 19.3. The normalized spacial score (nSPS) is 16.1. The Kier molecular flexibility index (Phi) is 13.1. The highest BCUT2D eigenvalue weighted by molar-refractivity contribution is 9.10. The number of rotatable bonds is 9. The van der Waals surface area contributed by atoms with Crippen LogP contribution in [0.15, 0.2) is 65.5 Å². The lowest BCUT2D eigenvalue weighted by Gasteiger charge is -2.29. The average molecular weight is 904 g/mol.